The van der Waals surface area contributed by atoms with E-state index in [4.69, 9.17) is 9.47 Å². The number of carbonyl (C=O) groups excluding carboxylic acids is 1. The molecule has 0 aliphatic rings. The van der Waals surface area contributed by atoms with Crippen LogP contribution in [0.25, 0.3) is 22.4 Å². The second-order valence-electron chi connectivity index (χ2n) is 7.52. The van der Waals surface area contributed by atoms with Crippen molar-refractivity contribution >= 4 is 15.8 Å². The van der Waals surface area contributed by atoms with Gasteiger partial charge in [-0.1, -0.05) is 25.5 Å². The van der Waals surface area contributed by atoms with Crippen LogP contribution >= 0.6 is 0 Å². The third kappa shape index (κ3) is 6.17. The van der Waals surface area contributed by atoms with Crippen molar-refractivity contribution < 1.29 is 27.1 Å². The van der Waals surface area contributed by atoms with Crippen LogP contribution in [0, 0.1) is 17.1 Å². The summed E-state index contributed by atoms with van der Waals surface area (Å²) in [5, 5.41) is 9.66. The highest BCUT2D eigenvalue weighted by atomic mass is 32.2. The van der Waals surface area contributed by atoms with Crippen molar-refractivity contribution in [2.45, 2.75) is 24.7 Å². The van der Waals surface area contributed by atoms with Crippen LogP contribution in [0.3, 0.4) is 0 Å². The molecule has 9 heteroatoms. The minimum Gasteiger partial charge on any atom is -0.465 e. The van der Waals surface area contributed by atoms with Crippen molar-refractivity contribution in [3.63, 3.8) is 0 Å². The number of benzene rings is 2. The molecule has 0 saturated carbocycles. The van der Waals surface area contributed by atoms with Crippen molar-refractivity contribution in [2.24, 2.45) is 0 Å². The number of ether oxygens (including phenoxy) is 2. The zero-order valence-electron chi connectivity index (χ0n) is 18.7. The molecule has 176 valence electrons. The molecule has 0 spiro atoms. The van der Waals surface area contributed by atoms with E-state index in [1.807, 2.05) is 13.0 Å². The van der Waals surface area contributed by atoms with Crippen LogP contribution < -0.4 is 4.74 Å². The number of hydrogen-bond acceptors (Lipinski definition) is 7. The van der Waals surface area contributed by atoms with E-state index in [9.17, 15) is 22.9 Å². The molecule has 0 saturated heterocycles. The van der Waals surface area contributed by atoms with Crippen molar-refractivity contribution in [1.29, 1.82) is 5.26 Å². The summed E-state index contributed by atoms with van der Waals surface area (Å²) in [5.74, 6) is -1.07. The first-order chi connectivity index (χ1) is 16.2. The number of aromatic nitrogens is 1. The van der Waals surface area contributed by atoms with Gasteiger partial charge in [-0.25, -0.2) is 22.6 Å². The Hall–Kier alpha value is -3.77. The smallest absolute Gasteiger partial charge is 0.344 e. The molecule has 3 aromatic rings. The highest BCUT2D eigenvalue weighted by Crippen LogP contribution is 2.35. The average Bonchev–Trinajstić information content (AvgIpc) is 2.82. The van der Waals surface area contributed by atoms with Crippen molar-refractivity contribution in [1.82, 2.24) is 4.98 Å². The molecule has 0 bridgehead atoms. The number of sulfone groups is 1. The molecule has 0 amide bonds. The average molecular weight is 483 g/mol. The van der Waals surface area contributed by atoms with E-state index in [1.165, 1.54) is 36.4 Å². The van der Waals surface area contributed by atoms with Gasteiger partial charge in [-0.05, 0) is 54.4 Å². The Morgan fingerprint density at radius 2 is 1.74 bits per heavy atom. The molecule has 0 fully saturated rings. The Morgan fingerprint density at radius 3 is 2.32 bits per heavy atom. The molecule has 0 atom stereocenters. The molecule has 0 radical (unpaired) electrons. The Balaban J connectivity index is 2.04. The van der Waals surface area contributed by atoms with Gasteiger partial charge in [0.2, 0.25) is 5.88 Å². The van der Waals surface area contributed by atoms with E-state index >= 15 is 0 Å². The van der Waals surface area contributed by atoms with E-state index in [0.29, 0.717) is 22.4 Å². The predicted molar refractivity (Wildman–Crippen MR) is 124 cm³/mol. The van der Waals surface area contributed by atoms with Gasteiger partial charge in [0.15, 0.2) is 16.4 Å². The highest BCUT2D eigenvalue weighted by molar-refractivity contribution is 7.90. The lowest BCUT2D eigenvalue weighted by Crippen LogP contribution is -2.16. The quantitative estimate of drug-likeness (QED) is 0.325. The summed E-state index contributed by atoms with van der Waals surface area (Å²) in [6.45, 7) is 1.83. The predicted octanol–water partition coefficient (Wildman–Crippen LogP) is 4.55. The Bertz CT molecular complexity index is 1320. The Morgan fingerprint density at radius 1 is 1.09 bits per heavy atom. The fraction of sp³-hybridized carbons (Fsp3) is 0.240. The van der Waals surface area contributed by atoms with Gasteiger partial charge >= 0.3 is 5.97 Å². The first kappa shape index (κ1) is 24.9. The third-order valence-electron chi connectivity index (χ3n) is 4.91. The largest absolute Gasteiger partial charge is 0.465 e. The van der Waals surface area contributed by atoms with Gasteiger partial charge in [0.05, 0.1) is 17.2 Å². The zero-order valence-corrected chi connectivity index (χ0v) is 19.6. The van der Waals surface area contributed by atoms with Gasteiger partial charge < -0.3 is 9.47 Å². The lowest BCUT2D eigenvalue weighted by Gasteiger charge is -2.14. The number of hydrogen-bond donors (Lipinski definition) is 0. The third-order valence-corrected chi connectivity index (χ3v) is 6.04. The van der Waals surface area contributed by atoms with Crippen LogP contribution in [-0.4, -0.2) is 38.8 Å². The van der Waals surface area contributed by atoms with Gasteiger partial charge in [0, 0.05) is 17.4 Å². The second kappa shape index (κ2) is 10.9. The van der Waals surface area contributed by atoms with Crippen molar-refractivity contribution in [3.8, 4) is 34.3 Å². The molecular formula is C25H23FN2O5S. The Labute approximate surface area is 197 Å². The van der Waals surface area contributed by atoms with Gasteiger partial charge in [-0.2, -0.15) is 5.26 Å². The summed E-state index contributed by atoms with van der Waals surface area (Å²) in [5.41, 5.74) is 2.11. The number of halogens is 1. The molecule has 0 unspecified atom stereocenters. The van der Waals surface area contributed by atoms with Gasteiger partial charge in [-0.3, -0.25) is 0 Å². The highest BCUT2D eigenvalue weighted by Gasteiger charge is 2.18. The lowest BCUT2D eigenvalue weighted by atomic mass is 9.98. The molecule has 34 heavy (non-hydrogen) atoms. The molecule has 2 aromatic carbocycles. The summed E-state index contributed by atoms with van der Waals surface area (Å²) >= 11 is 0. The molecule has 7 nitrogen and oxygen atoms in total. The Kier molecular flexibility index (Phi) is 7.97. The molecular weight excluding hydrogens is 459 g/mol. The number of carbonyl (C=O) groups is 1. The van der Waals surface area contributed by atoms with Crippen molar-refractivity contribution in [3.05, 3.63) is 66.0 Å². The number of rotatable bonds is 9. The summed E-state index contributed by atoms with van der Waals surface area (Å²) in [6.07, 6.45) is 2.72. The number of unbranched alkanes of at least 4 members (excludes halogenated alkanes) is 1. The van der Waals surface area contributed by atoms with Crippen LogP contribution in [0.15, 0.2) is 59.5 Å². The summed E-state index contributed by atoms with van der Waals surface area (Å²) in [7, 11) is -3.39. The van der Waals surface area contributed by atoms with Crippen LogP contribution in [0.2, 0.25) is 0 Å². The molecule has 1 heterocycles. The second-order valence-corrected chi connectivity index (χ2v) is 9.53. The SMILES string of the molecule is CCCCOC(=O)COc1nc(-c2ccc(F)cc2)c(-c2ccc(S(C)(=O)=O)cc2)cc1C#N. The van der Waals surface area contributed by atoms with E-state index < -0.39 is 28.2 Å². The van der Waals surface area contributed by atoms with Crippen LogP contribution in [-0.2, 0) is 19.4 Å². The minimum absolute atomic E-state index is 0.0641. The monoisotopic (exact) mass is 482 g/mol. The van der Waals surface area contributed by atoms with Gasteiger partial charge in [0.25, 0.3) is 0 Å². The van der Waals surface area contributed by atoms with Gasteiger partial charge in [0.1, 0.15) is 17.4 Å². The zero-order chi connectivity index (χ0) is 24.7. The number of esters is 1. The maximum Gasteiger partial charge on any atom is 0.344 e. The standard InChI is InChI=1S/C25H23FN2O5S/c1-3-4-13-32-23(29)16-33-25-19(15-27)14-22(17-7-11-21(12-8-17)34(2,30)31)24(28-25)18-5-9-20(26)10-6-18/h5-12,14H,3-4,13,16H2,1-2H3. The van der Waals surface area contributed by atoms with Gasteiger partial charge in [-0.15, -0.1) is 0 Å². The maximum absolute atomic E-state index is 13.5. The lowest BCUT2D eigenvalue weighted by molar-refractivity contribution is -0.146. The summed E-state index contributed by atoms with van der Waals surface area (Å²) < 4.78 is 47.7. The summed E-state index contributed by atoms with van der Waals surface area (Å²) in [4.78, 5) is 16.5. The van der Waals surface area contributed by atoms with E-state index in [0.717, 1.165) is 19.1 Å². The normalized spacial score (nSPS) is 11.0. The van der Waals surface area contributed by atoms with E-state index in [-0.39, 0.29) is 22.9 Å². The number of nitriles is 1. The van der Waals surface area contributed by atoms with Crippen LogP contribution in [0.1, 0.15) is 25.3 Å². The van der Waals surface area contributed by atoms with Crippen LogP contribution in [0.4, 0.5) is 4.39 Å². The minimum atomic E-state index is -3.39. The topological polar surface area (TPSA) is 106 Å². The fourth-order valence-corrected chi connectivity index (χ4v) is 3.75. The molecule has 0 aliphatic carbocycles. The van der Waals surface area contributed by atoms with E-state index in [1.54, 1.807) is 18.2 Å². The van der Waals surface area contributed by atoms with Crippen molar-refractivity contribution in [2.75, 3.05) is 19.5 Å². The number of nitrogens with zero attached hydrogens (tertiary/aromatic N) is 2. The molecule has 0 N–H and O–H groups in total. The molecule has 3 rings (SSSR count). The molecule has 0 aliphatic heterocycles. The van der Waals surface area contributed by atoms with Crippen LogP contribution in [0.5, 0.6) is 5.88 Å². The number of pyridine rings is 1. The van der Waals surface area contributed by atoms with E-state index in [2.05, 4.69) is 4.98 Å². The summed E-state index contributed by atoms with van der Waals surface area (Å²) in [6, 6.07) is 15.3. The maximum atomic E-state index is 13.5. The fourth-order valence-electron chi connectivity index (χ4n) is 3.12. The molecule has 1 aromatic heterocycles. The first-order valence-electron chi connectivity index (χ1n) is 10.5. The first-order valence-corrected chi connectivity index (χ1v) is 12.4.